The molecule has 0 saturated carbocycles. The van der Waals surface area contributed by atoms with Gasteiger partial charge in [-0.15, -0.1) is 0 Å². The zero-order chi connectivity index (χ0) is 20.8. The van der Waals surface area contributed by atoms with Crippen LogP contribution in [0, 0.1) is 17.5 Å². The average molecular weight is 405 g/mol. The van der Waals surface area contributed by atoms with Crippen LogP contribution in [0.1, 0.15) is 89.5 Å². The highest BCUT2D eigenvalue weighted by molar-refractivity contribution is 5.20. The summed E-state index contributed by atoms with van der Waals surface area (Å²) < 4.78 is 44.9. The number of aliphatic hydroxyl groups is 2. The van der Waals surface area contributed by atoms with Crippen molar-refractivity contribution in [2.45, 2.75) is 103 Å². The van der Waals surface area contributed by atoms with Crippen LogP contribution >= 0.6 is 0 Å². The van der Waals surface area contributed by atoms with Crippen molar-refractivity contribution in [1.82, 2.24) is 0 Å². The SMILES string of the molecule is CCCCCCCCCC(CCCCCc1cc(F)c(F)cc1F)OC(O)O. The number of unbranched alkanes of at least 4 members (excludes halogenated alkanes) is 8. The molecule has 1 unspecified atom stereocenters. The van der Waals surface area contributed by atoms with E-state index in [9.17, 15) is 13.2 Å². The third kappa shape index (κ3) is 11.0. The summed E-state index contributed by atoms with van der Waals surface area (Å²) in [7, 11) is 0. The molecule has 0 aliphatic carbocycles. The second-order valence-corrected chi connectivity index (χ2v) is 7.45. The molecule has 1 atom stereocenters. The Morgan fingerprint density at radius 2 is 1.29 bits per heavy atom. The van der Waals surface area contributed by atoms with Gasteiger partial charge in [0.15, 0.2) is 11.6 Å². The van der Waals surface area contributed by atoms with E-state index in [-0.39, 0.29) is 11.7 Å². The average Bonchev–Trinajstić information content (AvgIpc) is 2.64. The minimum absolute atomic E-state index is 0.181. The quantitative estimate of drug-likeness (QED) is 0.202. The van der Waals surface area contributed by atoms with E-state index in [1.807, 2.05) is 0 Å². The third-order valence-corrected chi connectivity index (χ3v) is 5.01. The fraction of sp³-hybridized carbons (Fsp3) is 0.727. The summed E-state index contributed by atoms with van der Waals surface area (Å²) in [5.41, 5.74) is 0.181. The molecule has 3 nitrogen and oxygen atoms in total. The van der Waals surface area contributed by atoms with Crippen molar-refractivity contribution in [3.05, 3.63) is 35.1 Å². The van der Waals surface area contributed by atoms with Gasteiger partial charge in [0.25, 0.3) is 6.48 Å². The molecule has 1 aromatic rings. The Kier molecular flexibility index (Phi) is 13.2. The van der Waals surface area contributed by atoms with Crippen molar-refractivity contribution in [2.75, 3.05) is 0 Å². The van der Waals surface area contributed by atoms with Crippen molar-refractivity contribution in [3.8, 4) is 0 Å². The van der Waals surface area contributed by atoms with Crippen LogP contribution in [0.4, 0.5) is 13.2 Å². The molecular formula is C22H35F3O3. The number of halogens is 3. The van der Waals surface area contributed by atoms with Crippen LogP contribution in [-0.4, -0.2) is 22.8 Å². The second kappa shape index (κ2) is 14.8. The largest absolute Gasteiger partial charge is 0.346 e. The monoisotopic (exact) mass is 404 g/mol. The van der Waals surface area contributed by atoms with Gasteiger partial charge in [0.05, 0.1) is 6.10 Å². The molecular weight excluding hydrogens is 369 g/mol. The van der Waals surface area contributed by atoms with Crippen LogP contribution < -0.4 is 0 Å². The van der Waals surface area contributed by atoms with E-state index >= 15 is 0 Å². The molecule has 0 spiro atoms. The zero-order valence-corrected chi connectivity index (χ0v) is 16.9. The van der Waals surface area contributed by atoms with E-state index in [0.717, 1.165) is 38.2 Å². The van der Waals surface area contributed by atoms with Gasteiger partial charge >= 0.3 is 0 Å². The Hall–Kier alpha value is -1.11. The highest BCUT2D eigenvalue weighted by Crippen LogP contribution is 2.19. The lowest BCUT2D eigenvalue weighted by Gasteiger charge is -2.19. The summed E-state index contributed by atoms with van der Waals surface area (Å²) in [6.07, 6.45) is 12.1. The number of hydrogen-bond donors (Lipinski definition) is 2. The summed E-state index contributed by atoms with van der Waals surface area (Å²) >= 11 is 0. The van der Waals surface area contributed by atoms with E-state index < -0.39 is 23.9 Å². The molecule has 1 aromatic carbocycles. The molecule has 0 bridgehead atoms. The molecule has 0 saturated heterocycles. The van der Waals surface area contributed by atoms with Crippen LogP contribution in [0.5, 0.6) is 0 Å². The summed E-state index contributed by atoms with van der Waals surface area (Å²) in [5, 5.41) is 18.2. The van der Waals surface area contributed by atoms with Gasteiger partial charge in [-0.25, -0.2) is 13.2 Å². The molecule has 0 aliphatic heterocycles. The van der Waals surface area contributed by atoms with Gasteiger partial charge in [-0.2, -0.15) is 0 Å². The zero-order valence-electron chi connectivity index (χ0n) is 16.9. The maximum absolute atomic E-state index is 13.6. The lowest BCUT2D eigenvalue weighted by Crippen LogP contribution is -2.21. The topological polar surface area (TPSA) is 49.7 Å². The molecule has 0 aromatic heterocycles. The van der Waals surface area contributed by atoms with Gasteiger partial charge in [-0.1, -0.05) is 64.7 Å². The maximum Gasteiger partial charge on any atom is 0.266 e. The molecule has 0 amide bonds. The third-order valence-electron chi connectivity index (χ3n) is 5.01. The van der Waals surface area contributed by atoms with Crippen LogP contribution in [-0.2, 0) is 11.2 Å². The normalized spacial score (nSPS) is 12.7. The molecule has 0 heterocycles. The molecule has 162 valence electrons. The number of aryl methyl sites for hydroxylation is 1. The van der Waals surface area contributed by atoms with Gasteiger partial charge in [0.2, 0.25) is 0 Å². The number of rotatable bonds is 16. The fourth-order valence-corrected chi connectivity index (χ4v) is 3.40. The lowest BCUT2D eigenvalue weighted by atomic mass is 10.0. The molecule has 0 radical (unpaired) electrons. The smallest absolute Gasteiger partial charge is 0.266 e. The summed E-state index contributed by atoms with van der Waals surface area (Å²) in [4.78, 5) is 0. The number of benzene rings is 1. The molecule has 6 heteroatoms. The first-order valence-corrected chi connectivity index (χ1v) is 10.6. The fourth-order valence-electron chi connectivity index (χ4n) is 3.40. The van der Waals surface area contributed by atoms with E-state index in [0.29, 0.717) is 25.3 Å². The van der Waals surface area contributed by atoms with Crippen LogP contribution in [0.25, 0.3) is 0 Å². The molecule has 1 rings (SSSR count). The van der Waals surface area contributed by atoms with Gasteiger partial charge < -0.3 is 14.9 Å². The second-order valence-electron chi connectivity index (χ2n) is 7.45. The highest BCUT2D eigenvalue weighted by atomic mass is 19.2. The predicted octanol–water partition coefficient (Wildman–Crippen LogP) is 6.00. The Labute approximate surface area is 166 Å². The summed E-state index contributed by atoms with van der Waals surface area (Å²) in [6, 6.07) is 1.50. The lowest BCUT2D eigenvalue weighted by molar-refractivity contribution is -0.257. The van der Waals surface area contributed by atoms with Crippen LogP contribution in [0.3, 0.4) is 0 Å². The predicted molar refractivity (Wildman–Crippen MR) is 104 cm³/mol. The Bertz CT molecular complexity index is 538. The minimum atomic E-state index is -1.77. The highest BCUT2D eigenvalue weighted by Gasteiger charge is 2.13. The van der Waals surface area contributed by atoms with Crippen molar-refractivity contribution >= 4 is 0 Å². The van der Waals surface area contributed by atoms with Gasteiger partial charge in [0, 0.05) is 6.07 Å². The van der Waals surface area contributed by atoms with Crippen molar-refractivity contribution in [3.63, 3.8) is 0 Å². The number of aliphatic hydroxyl groups excluding tert-OH is 1. The van der Waals surface area contributed by atoms with E-state index in [2.05, 4.69) is 6.92 Å². The Morgan fingerprint density at radius 3 is 1.89 bits per heavy atom. The molecule has 0 fully saturated rings. The first-order chi connectivity index (χ1) is 13.4. The van der Waals surface area contributed by atoms with Gasteiger partial charge in [-0.3, -0.25) is 0 Å². The number of ether oxygens (including phenoxy) is 1. The van der Waals surface area contributed by atoms with Crippen LogP contribution in [0.15, 0.2) is 12.1 Å². The van der Waals surface area contributed by atoms with Crippen LogP contribution in [0.2, 0.25) is 0 Å². The molecule has 0 aliphatic rings. The molecule has 28 heavy (non-hydrogen) atoms. The number of hydrogen-bond acceptors (Lipinski definition) is 3. The van der Waals surface area contributed by atoms with Crippen molar-refractivity contribution in [2.24, 2.45) is 0 Å². The van der Waals surface area contributed by atoms with E-state index in [1.165, 1.54) is 32.1 Å². The first-order valence-electron chi connectivity index (χ1n) is 10.6. The first kappa shape index (κ1) is 24.9. The maximum atomic E-state index is 13.6. The summed E-state index contributed by atoms with van der Waals surface area (Å²) in [6.45, 7) is 0.419. The van der Waals surface area contributed by atoms with E-state index in [4.69, 9.17) is 14.9 Å². The standard InChI is InChI=1S/C22H35F3O3/c1-2-3-4-5-6-7-10-13-18(28-22(26)27)14-11-8-9-12-17-15-20(24)21(25)16-19(17)23/h15-16,18,22,26-27H,2-14H2,1H3. The van der Waals surface area contributed by atoms with E-state index in [1.54, 1.807) is 0 Å². The Balaban J connectivity index is 2.23. The molecule has 2 N–H and O–H groups in total. The van der Waals surface area contributed by atoms with Crippen molar-refractivity contribution in [1.29, 1.82) is 0 Å². The van der Waals surface area contributed by atoms with Crippen molar-refractivity contribution < 1.29 is 28.1 Å². The minimum Gasteiger partial charge on any atom is -0.346 e. The summed E-state index contributed by atoms with van der Waals surface area (Å²) in [5.74, 6) is -2.92. The van der Waals surface area contributed by atoms with Gasteiger partial charge in [0.1, 0.15) is 5.82 Å². The van der Waals surface area contributed by atoms with Gasteiger partial charge in [-0.05, 0) is 37.3 Å². The Morgan fingerprint density at radius 1 is 0.750 bits per heavy atom.